The SMILES string of the molecule is COc1cc2c(cc1OC)C(C(O)Cc1ccccc1)CN(C)C2. The molecular formula is C20H25NO3. The lowest BCUT2D eigenvalue weighted by Gasteiger charge is -2.35. The normalized spacial score (nSPS) is 18.8. The highest BCUT2D eigenvalue weighted by atomic mass is 16.5. The van der Waals surface area contributed by atoms with Crippen LogP contribution in [0.25, 0.3) is 0 Å². The Hall–Kier alpha value is -2.04. The topological polar surface area (TPSA) is 41.9 Å². The van der Waals surface area contributed by atoms with Crippen LogP contribution in [0.5, 0.6) is 11.5 Å². The number of aliphatic hydroxyl groups is 1. The molecule has 2 atom stereocenters. The highest BCUT2D eigenvalue weighted by molar-refractivity contribution is 5.50. The summed E-state index contributed by atoms with van der Waals surface area (Å²) in [5.74, 6) is 1.51. The number of methoxy groups -OCH3 is 2. The molecule has 1 heterocycles. The number of fused-ring (bicyclic) bond motifs is 1. The monoisotopic (exact) mass is 327 g/mol. The zero-order chi connectivity index (χ0) is 17.1. The molecule has 24 heavy (non-hydrogen) atoms. The van der Waals surface area contributed by atoms with Crippen molar-refractivity contribution in [1.82, 2.24) is 4.90 Å². The Morgan fingerprint density at radius 1 is 1.12 bits per heavy atom. The lowest BCUT2D eigenvalue weighted by Crippen LogP contribution is -2.37. The minimum Gasteiger partial charge on any atom is -0.493 e. The summed E-state index contributed by atoms with van der Waals surface area (Å²) in [5, 5.41) is 10.9. The average molecular weight is 327 g/mol. The van der Waals surface area contributed by atoms with Gasteiger partial charge in [-0.05, 0) is 42.3 Å². The van der Waals surface area contributed by atoms with Crippen LogP contribution in [-0.2, 0) is 13.0 Å². The third-order valence-corrected chi connectivity index (χ3v) is 4.75. The number of nitrogens with zero attached hydrogens (tertiary/aromatic N) is 1. The molecule has 2 unspecified atom stereocenters. The largest absolute Gasteiger partial charge is 0.493 e. The van der Waals surface area contributed by atoms with Crippen LogP contribution in [0, 0.1) is 0 Å². The Labute approximate surface area is 143 Å². The van der Waals surface area contributed by atoms with E-state index < -0.39 is 6.10 Å². The molecule has 4 nitrogen and oxygen atoms in total. The van der Waals surface area contributed by atoms with Gasteiger partial charge >= 0.3 is 0 Å². The van der Waals surface area contributed by atoms with Gasteiger partial charge in [-0.1, -0.05) is 30.3 Å². The third kappa shape index (κ3) is 3.40. The number of benzene rings is 2. The standard InChI is InChI=1S/C20H25NO3/c1-21-12-15-10-19(23-2)20(24-3)11-16(15)17(13-21)18(22)9-14-7-5-4-6-8-14/h4-8,10-11,17-18,22H,9,12-13H2,1-3H3. The lowest BCUT2D eigenvalue weighted by atomic mass is 9.83. The third-order valence-electron chi connectivity index (χ3n) is 4.75. The number of likely N-dealkylation sites (N-methyl/N-ethyl adjacent to an activating group) is 1. The molecule has 1 aliphatic heterocycles. The molecular weight excluding hydrogens is 302 g/mol. The molecule has 0 saturated carbocycles. The van der Waals surface area contributed by atoms with Crippen LogP contribution in [0.4, 0.5) is 0 Å². The molecule has 0 radical (unpaired) electrons. The summed E-state index contributed by atoms with van der Waals surface area (Å²) >= 11 is 0. The van der Waals surface area contributed by atoms with Gasteiger partial charge in [-0.2, -0.15) is 0 Å². The molecule has 4 heteroatoms. The molecule has 0 spiro atoms. The molecule has 0 bridgehead atoms. The second-order valence-corrected chi connectivity index (χ2v) is 6.47. The second kappa shape index (κ2) is 7.24. The molecule has 3 rings (SSSR count). The fourth-order valence-electron chi connectivity index (χ4n) is 3.54. The number of hydrogen-bond acceptors (Lipinski definition) is 4. The summed E-state index contributed by atoms with van der Waals surface area (Å²) in [7, 11) is 5.38. The molecule has 0 amide bonds. The Bertz CT molecular complexity index is 687. The average Bonchev–Trinajstić information content (AvgIpc) is 2.60. The van der Waals surface area contributed by atoms with Crippen LogP contribution in [0.3, 0.4) is 0 Å². The second-order valence-electron chi connectivity index (χ2n) is 6.47. The van der Waals surface area contributed by atoms with Crippen molar-refractivity contribution >= 4 is 0 Å². The van der Waals surface area contributed by atoms with Gasteiger partial charge in [-0.15, -0.1) is 0 Å². The predicted octanol–water partition coefficient (Wildman–Crippen LogP) is 2.84. The van der Waals surface area contributed by atoms with Gasteiger partial charge < -0.3 is 19.5 Å². The predicted molar refractivity (Wildman–Crippen MR) is 94.8 cm³/mol. The Morgan fingerprint density at radius 3 is 2.46 bits per heavy atom. The maximum atomic E-state index is 10.9. The van der Waals surface area contributed by atoms with E-state index in [2.05, 4.69) is 24.1 Å². The first-order valence-electron chi connectivity index (χ1n) is 8.27. The maximum absolute atomic E-state index is 10.9. The summed E-state index contributed by atoms with van der Waals surface area (Å²) in [6.07, 6.45) is 0.208. The fraction of sp³-hybridized carbons (Fsp3) is 0.400. The van der Waals surface area contributed by atoms with Gasteiger partial charge in [0.15, 0.2) is 11.5 Å². The smallest absolute Gasteiger partial charge is 0.161 e. The minimum absolute atomic E-state index is 0.0544. The van der Waals surface area contributed by atoms with E-state index in [-0.39, 0.29) is 5.92 Å². The van der Waals surface area contributed by atoms with E-state index in [0.717, 1.165) is 35.7 Å². The summed E-state index contributed by atoms with van der Waals surface area (Å²) in [6, 6.07) is 14.2. The van der Waals surface area contributed by atoms with Crippen molar-refractivity contribution in [1.29, 1.82) is 0 Å². The van der Waals surface area contributed by atoms with Gasteiger partial charge in [0.05, 0.1) is 20.3 Å². The van der Waals surface area contributed by atoms with Gasteiger partial charge in [0.2, 0.25) is 0 Å². The summed E-state index contributed by atoms with van der Waals surface area (Å²) in [5.41, 5.74) is 3.51. The van der Waals surface area contributed by atoms with Gasteiger partial charge in [-0.25, -0.2) is 0 Å². The van der Waals surface area contributed by atoms with Gasteiger partial charge in [0, 0.05) is 19.0 Å². The Morgan fingerprint density at radius 2 is 1.79 bits per heavy atom. The van der Waals surface area contributed by atoms with E-state index in [9.17, 15) is 5.11 Å². The van der Waals surface area contributed by atoms with Crippen molar-refractivity contribution in [3.8, 4) is 11.5 Å². The van der Waals surface area contributed by atoms with Crippen molar-refractivity contribution in [2.45, 2.75) is 25.0 Å². The summed E-state index contributed by atoms with van der Waals surface area (Å²) < 4.78 is 10.9. The zero-order valence-electron chi connectivity index (χ0n) is 14.5. The van der Waals surface area contributed by atoms with Gasteiger partial charge in [-0.3, -0.25) is 0 Å². The molecule has 0 aliphatic carbocycles. The van der Waals surface area contributed by atoms with Crippen molar-refractivity contribution in [3.05, 3.63) is 59.2 Å². The van der Waals surface area contributed by atoms with Crippen LogP contribution in [0.2, 0.25) is 0 Å². The van der Waals surface area contributed by atoms with E-state index in [1.807, 2.05) is 30.3 Å². The van der Waals surface area contributed by atoms with Crippen molar-refractivity contribution < 1.29 is 14.6 Å². The highest BCUT2D eigenvalue weighted by Crippen LogP contribution is 2.38. The van der Waals surface area contributed by atoms with Crippen molar-refractivity contribution in [2.24, 2.45) is 0 Å². The number of hydrogen-bond donors (Lipinski definition) is 1. The van der Waals surface area contributed by atoms with Crippen molar-refractivity contribution in [3.63, 3.8) is 0 Å². The van der Waals surface area contributed by atoms with Gasteiger partial charge in [0.1, 0.15) is 0 Å². The number of rotatable bonds is 5. The van der Waals surface area contributed by atoms with Crippen LogP contribution in [-0.4, -0.2) is 43.9 Å². The first kappa shape index (κ1) is 16.8. The Kier molecular flexibility index (Phi) is 5.07. The molecule has 1 N–H and O–H groups in total. The first-order chi connectivity index (χ1) is 11.6. The molecule has 2 aromatic rings. The minimum atomic E-state index is -0.438. The van der Waals surface area contributed by atoms with Crippen LogP contribution < -0.4 is 9.47 Å². The first-order valence-corrected chi connectivity index (χ1v) is 8.27. The Balaban J connectivity index is 1.92. The quantitative estimate of drug-likeness (QED) is 0.917. The highest BCUT2D eigenvalue weighted by Gasteiger charge is 2.30. The zero-order valence-corrected chi connectivity index (χ0v) is 14.5. The number of aliphatic hydroxyl groups excluding tert-OH is 1. The van der Waals surface area contributed by atoms with E-state index >= 15 is 0 Å². The molecule has 0 saturated heterocycles. The van der Waals surface area contributed by atoms with E-state index in [1.54, 1.807) is 14.2 Å². The summed E-state index contributed by atoms with van der Waals surface area (Å²) in [4.78, 5) is 2.24. The van der Waals surface area contributed by atoms with E-state index in [0.29, 0.717) is 6.42 Å². The fourth-order valence-corrected chi connectivity index (χ4v) is 3.54. The summed E-state index contributed by atoms with van der Waals surface area (Å²) in [6.45, 7) is 1.68. The van der Waals surface area contributed by atoms with Crippen LogP contribution in [0.15, 0.2) is 42.5 Å². The van der Waals surface area contributed by atoms with E-state index in [1.165, 1.54) is 5.56 Å². The molecule has 128 valence electrons. The maximum Gasteiger partial charge on any atom is 0.161 e. The lowest BCUT2D eigenvalue weighted by molar-refractivity contribution is 0.112. The van der Waals surface area contributed by atoms with Crippen molar-refractivity contribution in [2.75, 3.05) is 27.8 Å². The molecule has 2 aromatic carbocycles. The van der Waals surface area contributed by atoms with Crippen LogP contribution in [0.1, 0.15) is 22.6 Å². The molecule has 0 aromatic heterocycles. The van der Waals surface area contributed by atoms with E-state index in [4.69, 9.17) is 9.47 Å². The van der Waals surface area contributed by atoms with Gasteiger partial charge in [0.25, 0.3) is 0 Å². The van der Waals surface area contributed by atoms with Crippen LogP contribution >= 0.6 is 0 Å². The number of ether oxygens (including phenoxy) is 2. The molecule has 1 aliphatic rings. The molecule has 0 fully saturated rings.